The fourth-order valence-electron chi connectivity index (χ4n) is 6.29. The van der Waals surface area contributed by atoms with E-state index in [1.807, 2.05) is 6.07 Å². The number of benzene rings is 3. The van der Waals surface area contributed by atoms with Crippen LogP contribution in [-0.4, -0.2) is 33.3 Å². The second kappa shape index (κ2) is 9.24. The van der Waals surface area contributed by atoms with Crippen LogP contribution in [-0.2, 0) is 4.79 Å². The van der Waals surface area contributed by atoms with Gasteiger partial charge < -0.3 is 5.11 Å². The number of anilines is 1. The number of carbonyl (C=O) groups is 1. The minimum atomic E-state index is -1.70. The molecule has 190 valence electrons. The van der Waals surface area contributed by atoms with Crippen molar-refractivity contribution in [3.8, 4) is 0 Å². The lowest BCUT2D eigenvalue weighted by Gasteiger charge is -2.53. The van der Waals surface area contributed by atoms with Gasteiger partial charge in [0, 0.05) is 15.0 Å². The number of rotatable bonds is 4. The van der Waals surface area contributed by atoms with E-state index < -0.39 is 34.8 Å². The molecule has 0 bridgehead atoms. The van der Waals surface area contributed by atoms with E-state index in [4.69, 9.17) is 23.2 Å². The van der Waals surface area contributed by atoms with E-state index in [9.17, 15) is 20.0 Å². The van der Waals surface area contributed by atoms with Gasteiger partial charge >= 0.3 is 0 Å². The van der Waals surface area contributed by atoms with Gasteiger partial charge in [-0.05, 0) is 67.8 Å². The number of nitro groups is 1. The van der Waals surface area contributed by atoms with Crippen LogP contribution in [0.3, 0.4) is 0 Å². The Morgan fingerprint density at radius 2 is 1.68 bits per heavy atom. The SMILES string of the molecule is CC1=NN(c2ccccc2)C(=O)[C@@]12[C@H](c1cccc(Cl)c1)[C@@H]([N+](=O)[O-])[C@H](c1ccc(Cl)cc1)C[C@@]2(C)O. The van der Waals surface area contributed by atoms with Crippen molar-refractivity contribution in [2.24, 2.45) is 10.5 Å². The maximum absolute atomic E-state index is 14.4. The zero-order chi connectivity index (χ0) is 26.5. The smallest absolute Gasteiger partial charge is 0.263 e. The van der Waals surface area contributed by atoms with Gasteiger partial charge in [0.25, 0.3) is 5.91 Å². The van der Waals surface area contributed by atoms with Crippen LogP contribution in [0, 0.1) is 15.5 Å². The van der Waals surface area contributed by atoms with Crippen LogP contribution >= 0.6 is 23.2 Å². The van der Waals surface area contributed by atoms with E-state index in [1.165, 1.54) is 5.01 Å². The molecule has 9 heteroatoms. The fraction of sp³-hybridized carbons (Fsp3) is 0.286. The van der Waals surface area contributed by atoms with Gasteiger partial charge in [0.2, 0.25) is 6.04 Å². The predicted molar refractivity (Wildman–Crippen MR) is 144 cm³/mol. The summed E-state index contributed by atoms with van der Waals surface area (Å²) in [6.07, 6.45) is -0.0292. The van der Waals surface area contributed by atoms with Crippen molar-refractivity contribution in [2.75, 3.05) is 5.01 Å². The van der Waals surface area contributed by atoms with Gasteiger partial charge in [-0.1, -0.05) is 65.7 Å². The van der Waals surface area contributed by atoms with E-state index in [2.05, 4.69) is 5.10 Å². The second-order valence-corrected chi connectivity index (χ2v) is 10.8. The summed E-state index contributed by atoms with van der Waals surface area (Å²) in [4.78, 5) is 27.0. The molecule has 2 aliphatic rings. The number of hydrazone groups is 1. The summed E-state index contributed by atoms with van der Waals surface area (Å²) >= 11 is 12.4. The average molecular weight is 538 g/mol. The third-order valence-corrected chi connectivity index (χ3v) is 8.27. The third kappa shape index (κ3) is 3.93. The monoisotopic (exact) mass is 537 g/mol. The lowest BCUT2D eigenvalue weighted by molar-refractivity contribution is -0.539. The fourth-order valence-corrected chi connectivity index (χ4v) is 6.62. The molecule has 7 nitrogen and oxygen atoms in total. The first kappa shape index (κ1) is 25.4. The maximum atomic E-state index is 14.4. The first-order chi connectivity index (χ1) is 17.6. The lowest BCUT2D eigenvalue weighted by atomic mass is 9.49. The van der Waals surface area contributed by atoms with Gasteiger partial charge in [0.1, 0.15) is 5.41 Å². The first-order valence-electron chi connectivity index (χ1n) is 11.9. The molecular weight excluding hydrogens is 513 g/mol. The minimum absolute atomic E-state index is 0.0292. The van der Waals surface area contributed by atoms with E-state index in [1.54, 1.807) is 86.6 Å². The average Bonchev–Trinajstić information content (AvgIpc) is 3.12. The highest BCUT2D eigenvalue weighted by atomic mass is 35.5. The van der Waals surface area contributed by atoms with Crippen LogP contribution in [0.4, 0.5) is 5.69 Å². The Labute approximate surface area is 224 Å². The Hall–Kier alpha value is -3.26. The van der Waals surface area contributed by atoms with E-state index in [0.29, 0.717) is 32.6 Å². The van der Waals surface area contributed by atoms with Gasteiger partial charge in [-0.15, -0.1) is 0 Å². The molecule has 3 aromatic rings. The summed E-state index contributed by atoms with van der Waals surface area (Å²) in [6, 6.07) is 21.1. The van der Waals surface area contributed by atoms with Crippen molar-refractivity contribution in [1.82, 2.24) is 0 Å². The van der Waals surface area contributed by atoms with Gasteiger partial charge in [0.05, 0.1) is 28.8 Å². The minimum Gasteiger partial charge on any atom is -0.389 e. The molecule has 1 spiro atoms. The summed E-state index contributed by atoms with van der Waals surface area (Å²) in [5, 5.41) is 31.8. The summed E-state index contributed by atoms with van der Waals surface area (Å²) in [7, 11) is 0. The van der Waals surface area contributed by atoms with Crippen molar-refractivity contribution >= 4 is 40.5 Å². The number of hydrogen-bond acceptors (Lipinski definition) is 5. The van der Waals surface area contributed by atoms with Crippen LogP contribution in [0.2, 0.25) is 10.0 Å². The van der Waals surface area contributed by atoms with Crippen molar-refractivity contribution in [3.05, 3.63) is 110 Å². The molecule has 1 fully saturated rings. The number of nitrogens with zero attached hydrogens (tertiary/aromatic N) is 3. The van der Waals surface area contributed by atoms with E-state index in [0.717, 1.165) is 0 Å². The Kier molecular flexibility index (Phi) is 6.34. The topological polar surface area (TPSA) is 96.0 Å². The molecule has 0 radical (unpaired) electrons. The van der Waals surface area contributed by atoms with Gasteiger partial charge in [-0.25, -0.2) is 0 Å². The molecule has 5 atom stereocenters. The number of carbonyl (C=O) groups excluding carboxylic acids is 1. The quantitative estimate of drug-likeness (QED) is 0.322. The number of amides is 1. The van der Waals surface area contributed by atoms with Crippen LogP contribution in [0.15, 0.2) is 84.0 Å². The van der Waals surface area contributed by atoms with Gasteiger partial charge in [-0.2, -0.15) is 10.1 Å². The highest BCUT2D eigenvalue weighted by Gasteiger charge is 2.72. The van der Waals surface area contributed by atoms with Crippen molar-refractivity contribution < 1.29 is 14.8 Å². The largest absolute Gasteiger partial charge is 0.389 e. The predicted octanol–water partition coefficient (Wildman–Crippen LogP) is 6.07. The molecule has 5 rings (SSSR count). The zero-order valence-corrected chi connectivity index (χ0v) is 21.7. The summed E-state index contributed by atoms with van der Waals surface area (Å²) in [5.41, 5.74) is -1.40. The molecule has 1 aliphatic carbocycles. The van der Waals surface area contributed by atoms with Crippen LogP contribution < -0.4 is 5.01 Å². The molecule has 1 N–H and O–H groups in total. The summed E-state index contributed by atoms with van der Waals surface area (Å²) < 4.78 is 0. The lowest BCUT2D eigenvalue weighted by Crippen LogP contribution is -2.66. The van der Waals surface area contributed by atoms with Crippen molar-refractivity contribution in [2.45, 2.75) is 43.7 Å². The van der Waals surface area contributed by atoms with E-state index in [-0.39, 0.29) is 11.3 Å². The Balaban J connectivity index is 1.77. The Morgan fingerprint density at radius 1 is 1.00 bits per heavy atom. The van der Waals surface area contributed by atoms with Crippen LogP contribution in [0.25, 0.3) is 0 Å². The number of aliphatic hydroxyl groups is 1. The van der Waals surface area contributed by atoms with Crippen LogP contribution in [0.5, 0.6) is 0 Å². The number of para-hydroxylation sites is 1. The van der Waals surface area contributed by atoms with Crippen molar-refractivity contribution in [1.29, 1.82) is 0 Å². The third-order valence-electron chi connectivity index (χ3n) is 7.79. The highest BCUT2D eigenvalue weighted by molar-refractivity contribution is 6.31. The molecular formula is C28H25Cl2N3O4. The molecule has 37 heavy (non-hydrogen) atoms. The first-order valence-corrected chi connectivity index (χ1v) is 12.7. The maximum Gasteiger partial charge on any atom is 0.263 e. The second-order valence-electron chi connectivity index (χ2n) is 9.89. The number of hydrogen-bond donors (Lipinski definition) is 1. The van der Waals surface area contributed by atoms with Gasteiger partial charge in [0.15, 0.2) is 0 Å². The molecule has 0 aromatic heterocycles. The standard InChI is InChI=1S/C28H25Cl2N3O4/c1-17-28(26(34)32(31-17)22-9-4-3-5-10-22)24(19-7-6-8-21(30)15-19)25(33(36)37)23(16-27(28,2)35)18-11-13-20(29)14-12-18/h3-15,23-25,35H,16H2,1-2H3/t23-,24+,25-,27+,28-/m0/s1. The molecule has 0 unspecified atom stereocenters. The van der Waals surface area contributed by atoms with Gasteiger partial charge in [-0.3, -0.25) is 14.9 Å². The summed E-state index contributed by atoms with van der Waals surface area (Å²) in [5.74, 6) is -2.27. The molecule has 3 aromatic carbocycles. The van der Waals surface area contributed by atoms with E-state index >= 15 is 0 Å². The normalized spacial score (nSPS) is 29.4. The molecule has 1 amide bonds. The molecule has 1 heterocycles. The summed E-state index contributed by atoms with van der Waals surface area (Å²) in [6.45, 7) is 3.24. The highest BCUT2D eigenvalue weighted by Crippen LogP contribution is 2.61. The van der Waals surface area contributed by atoms with Crippen molar-refractivity contribution in [3.63, 3.8) is 0 Å². The zero-order valence-electron chi connectivity index (χ0n) is 20.2. The molecule has 0 saturated heterocycles. The molecule has 1 aliphatic heterocycles. The van der Waals surface area contributed by atoms with Crippen LogP contribution in [0.1, 0.15) is 43.2 Å². The Bertz CT molecular complexity index is 1390. The number of halogens is 2. The Morgan fingerprint density at radius 3 is 2.30 bits per heavy atom. The molecule has 1 saturated carbocycles.